The van der Waals surface area contributed by atoms with Gasteiger partial charge in [-0.15, -0.1) is 0 Å². The minimum Gasteiger partial charge on any atom is -0.462 e. The van der Waals surface area contributed by atoms with Crippen molar-refractivity contribution in [3.05, 3.63) is 182 Å². The summed E-state index contributed by atoms with van der Waals surface area (Å²) in [6.07, 6.45) is 87.7. The number of carbonyl (C=O) groups is 4. The molecule has 0 fully saturated rings. The van der Waals surface area contributed by atoms with E-state index in [2.05, 4.69) is 186 Å². The maximum Gasteiger partial charge on any atom is 0.472 e. The maximum atomic E-state index is 13.1. The van der Waals surface area contributed by atoms with Gasteiger partial charge in [0, 0.05) is 25.7 Å². The van der Waals surface area contributed by atoms with E-state index >= 15 is 0 Å². The number of phosphoric acid groups is 2. The molecule has 17 nitrogen and oxygen atoms in total. The number of phosphoric ester groups is 2. The lowest BCUT2D eigenvalue weighted by Crippen LogP contribution is -2.30. The number of hydrogen-bond acceptors (Lipinski definition) is 15. The van der Waals surface area contributed by atoms with E-state index in [0.29, 0.717) is 38.5 Å². The number of aliphatic hydroxyl groups is 1. The number of rotatable bonds is 69. The second-order valence-electron chi connectivity index (χ2n) is 24.4. The molecular formula is C83H132O17P2. The molecule has 576 valence electrons. The van der Waals surface area contributed by atoms with Gasteiger partial charge in [-0.05, 0) is 167 Å². The van der Waals surface area contributed by atoms with Crippen LogP contribution in [-0.4, -0.2) is 96.7 Å². The van der Waals surface area contributed by atoms with Gasteiger partial charge in [0.15, 0.2) is 12.2 Å². The summed E-state index contributed by atoms with van der Waals surface area (Å²) >= 11 is 0. The summed E-state index contributed by atoms with van der Waals surface area (Å²) in [6, 6.07) is 0. The van der Waals surface area contributed by atoms with Crippen LogP contribution in [0.15, 0.2) is 182 Å². The third kappa shape index (κ3) is 72.5. The fourth-order valence-corrected chi connectivity index (χ4v) is 10.7. The van der Waals surface area contributed by atoms with E-state index in [1.54, 1.807) is 0 Å². The average molecular weight is 1460 g/mol. The highest BCUT2D eigenvalue weighted by atomic mass is 31.2. The van der Waals surface area contributed by atoms with Crippen molar-refractivity contribution >= 4 is 39.5 Å². The van der Waals surface area contributed by atoms with E-state index in [-0.39, 0.29) is 25.7 Å². The molecule has 0 aliphatic heterocycles. The van der Waals surface area contributed by atoms with Crippen LogP contribution in [0.5, 0.6) is 0 Å². The minimum atomic E-state index is -5.01. The number of hydrogen-bond donors (Lipinski definition) is 3. The van der Waals surface area contributed by atoms with Gasteiger partial charge in [0.1, 0.15) is 19.3 Å². The predicted molar refractivity (Wildman–Crippen MR) is 417 cm³/mol. The van der Waals surface area contributed by atoms with Gasteiger partial charge in [-0.3, -0.25) is 37.3 Å². The highest BCUT2D eigenvalue weighted by Crippen LogP contribution is 2.45. The van der Waals surface area contributed by atoms with Crippen LogP contribution in [0.4, 0.5) is 0 Å². The molecule has 0 amide bonds. The molecule has 102 heavy (non-hydrogen) atoms. The molecule has 0 aromatic carbocycles. The van der Waals surface area contributed by atoms with Gasteiger partial charge in [-0.1, -0.05) is 249 Å². The van der Waals surface area contributed by atoms with Crippen LogP contribution in [0.2, 0.25) is 0 Å². The second-order valence-corrected chi connectivity index (χ2v) is 27.3. The Hall–Kier alpha value is -5.84. The number of aliphatic hydroxyl groups excluding tert-OH is 1. The van der Waals surface area contributed by atoms with E-state index < -0.39 is 97.5 Å². The number of unbranched alkanes of at least 4 members (excludes halogenated alkanes) is 13. The smallest absolute Gasteiger partial charge is 0.462 e. The number of carbonyl (C=O) groups excluding carboxylic acids is 4. The van der Waals surface area contributed by atoms with Crippen molar-refractivity contribution in [1.82, 2.24) is 0 Å². The third-order valence-corrected chi connectivity index (χ3v) is 16.8. The molecule has 0 aliphatic carbocycles. The Morgan fingerprint density at radius 3 is 0.873 bits per heavy atom. The SMILES string of the molecule is CC/C=C\C/C=C\C/C=C\C/C=C\C/C=C\C/C=C\CCC(=O)OCC(COP(=O)(O)OCC(O)COP(=O)(O)OCC(COC(=O)CCCC/C=C\C/C=C\C/C=C\C/C=C\CC)OC(=O)CCCC/C=C\C/C=C\C/C=C\C/C=C\CC)OC(=O)CCCCCCC/C=C\CCCCCC. The Labute approximate surface area is 615 Å². The largest absolute Gasteiger partial charge is 0.472 e. The van der Waals surface area contributed by atoms with Crippen molar-refractivity contribution in [1.29, 1.82) is 0 Å². The van der Waals surface area contributed by atoms with Gasteiger partial charge >= 0.3 is 39.5 Å². The van der Waals surface area contributed by atoms with Crippen LogP contribution in [0.25, 0.3) is 0 Å². The topological polar surface area (TPSA) is 237 Å². The number of allylic oxidation sites excluding steroid dienone is 30. The van der Waals surface area contributed by atoms with Gasteiger partial charge in [0.25, 0.3) is 0 Å². The number of esters is 4. The van der Waals surface area contributed by atoms with Crippen LogP contribution in [0.1, 0.15) is 259 Å². The number of ether oxygens (including phenoxy) is 4. The molecule has 5 atom stereocenters. The standard InChI is InChI=1S/C83H132O17P2/c1-5-9-13-17-21-25-29-33-36-37-38-39-42-45-48-52-56-60-64-68-81(86)94-73-78(99-82(87)69-65-61-57-53-49-43-32-28-24-20-16-12-8-4)75-97-101(89,90)95-71-77(84)72-96-102(91,92)98-76-79(100-83(88)70-66-62-58-54-50-46-41-35-31-27-23-19-15-11-7-3)74-93-80(85)67-63-59-55-51-47-44-40-34-30-26-22-18-14-10-6-2/h9-11,13-15,21-23,25-28,32-36,38-41,45,47-48,50-51,54,56,60,77-79,84H,5-8,12,16-20,24,29-31,37,42-44,46,49,52-53,55,57-59,61-76H2,1-4H3,(H,89,90)(H,91,92)/b13-9-,14-10-,15-11-,25-21-,26-22-,27-23-,32-28-,36-33-,39-38-,40-34-,41-35-,48-45-,51-47-,54-50-,60-56-. The molecule has 5 unspecified atom stereocenters. The van der Waals surface area contributed by atoms with Crippen molar-refractivity contribution in [3.8, 4) is 0 Å². The van der Waals surface area contributed by atoms with Crippen molar-refractivity contribution in [3.63, 3.8) is 0 Å². The molecule has 3 N–H and O–H groups in total. The summed E-state index contributed by atoms with van der Waals surface area (Å²) < 4.78 is 68.3. The van der Waals surface area contributed by atoms with Crippen molar-refractivity contribution in [2.75, 3.05) is 39.6 Å². The van der Waals surface area contributed by atoms with Gasteiger partial charge < -0.3 is 33.8 Å². The molecule has 0 aliphatic rings. The third-order valence-electron chi connectivity index (χ3n) is 14.9. The Bertz CT molecular complexity index is 2650. The molecule has 0 bridgehead atoms. The maximum absolute atomic E-state index is 13.1. The lowest BCUT2D eigenvalue weighted by atomic mass is 10.1. The molecule has 0 rings (SSSR count). The molecular weight excluding hydrogens is 1330 g/mol. The van der Waals surface area contributed by atoms with Crippen LogP contribution < -0.4 is 0 Å². The fourth-order valence-electron chi connectivity index (χ4n) is 9.16. The first-order valence-corrected chi connectivity index (χ1v) is 41.0. The van der Waals surface area contributed by atoms with Crippen LogP contribution in [-0.2, 0) is 65.4 Å². The molecule has 0 spiro atoms. The molecule has 0 saturated heterocycles. The van der Waals surface area contributed by atoms with Crippen molar-refractivity contribution < 1.29 is 80.2 Å². The van der Waals surface area contributed by atoms with Crippen LogP contribution in [0, 0.1) is 0 Å². The highest BCUT2D eigenvalue weighted by Gasteiger charge is 2.30. The first kappa shape index (κ1) is 96.2. The second kappa shape index (κ2) is 73.5. The molecule has 0 radical (unpaired) electrons. The average Bonchev–Trinajstić information content (AvgIpc) is 0.908. The molecule has 0 saturated carbocycles. The normalized spacial score (nSPS) is 14.9. The van der Waals surface area contributed by atoms with E-state index in [9.17, 15) is 43.2 Å². The van der Waals surface area contributed by atoms with E-state index in [4.69, 9.17) is 37.0 Å². The Kier molecular flexibility index (Phi) is 69.3. The zero-order valence-corrected chi connectivity index (χ0v) is 64.5. The molecule has 0 aromatic heterocycles. The van der Waals surface area contributed by atoms with Crippen molar-refractivity contribution in [2.45, 2.75) is 277 Å². The predicted octanol–water partition coefficient (Wildman–Crippen LogP) is 22.0. The minimum absolute atomic E-state index is 0.0246. The molecule has 19 heteroatoms. The Morgan fingerprint density at radius 1 is 0.284 bits per heavy atom. The monoisotopic (exact) mass is 1460 g/mol. The fraction of sp³-hybridized carbons (Fsp3) is 0.590. The first-order valence-electron chi connectivity index (χ1n) is 38.0. The zero-order chi connectivity index (χ0) is 74.6. The lowest BCUT2D eigenvalue weighted by Gasteiger charge is -2.21. The van der Waals surface area contributed by atoms with Gasteiger partial charge in [0.2, 0.25) is 0 Å². The summed E-state index contributed by atoms with van der Waals surface area (Å²) in [4.78, 5) is 72.8. The van der Waals surface area contributed by atoms with Crippen LogP contribution >= 0.6 is 15.6 Å². The van der Waals surface area contributed by atoms with Crippen molar-refractivity contribution in [2.24, 2.45) is 0 Å². The van der Waals surface area contributed by atoms with E-state index in [1.807, 2.05) is 24.3 Å². The Morgan fingerprint density at radius 2 is 0.529 bits per heavy atom. The summed E-state index contributed by atoms with van der Waals surface area (Å²) in [7, 11) is -10.0. The highest BCUT2D eigenvalue weighted by molar-refractivity contribution is 7.47. The summed E-state index contributed by atoms with van der Waals surface area (Å²) in [6.45, 7) is 4.28. The quantitative estimate of drug-likeness (QED) is 0.0169. The Balaban J connectivity index is 5.50. The summed E-state index contributed by atoms with van der Waals surface area (Å²) in [5, 5.41) is 10.6. The van der Waals surface area contributed by atoms with Gasteiger partial charge in [-0.25, -0.2) is 9.13 Å². The lowest BCUT2D eigenvalue weighted by molar-refractivity contribution is -0.161. The molecule has 0 aromatic rings. The van der Waals surface area contributed by atoms with Crippen LogP contribution in [0.3, 0.4) is 0 Å². The van der Waals surface area contributed by atoms with E-state index in [0.717, 1.165) is 141 Å². The van der Waals surface area contributed by atoms with Gasteiger partial charge in [0.05, 0.1) is 26.4 Å². The summed E-state index contributed by atoms with van der Waals surface area (Å²) in [5.41, 5.74) is 0. The van der Waals surface area contributed by atoms with E-state index in [1.165, 1.54) is 25.7 Å². The molecule has 0 heterocycles. The summed E-state index contributed by atoms with van der Waals surface area (Å²) in [5.74, 6) is -2.40. The van der Waals surface area contributed by atoms with Gasteiger partial charge in [-0.2, -0.15) is 0 Å². The zero-order valence-electron chi connectivity index (χ0n) is 62.7. The first-order chi connectivity index (χ1) is 49.7.